The van der Waals surface area contributed by atoms with E-state index in [2.05, 4.69) is 20.0 Å². The van der Waals surface area contributed by atoms with Crippen LogP contribution in [-0.4, -0.2) is 31.9 Å². The van der Waals surface area contributed by atoms with E-state index in [1.807, 2.05) is 0 Å². The molecule has 1 aliphatic heterocycles. The molecule has 1 aromatic heterocycles. The quantitative estimate of drug-likeness (QED) is 0.506. The summed E-state index contributed by atoms with van der Waals surface area (Å²) < 4.78 is 38.7. The molecular formula is C22H19ClN4O5S. The van der Waals surface area contributed by atoms with Crippen molar-refractivity contribution in [1.29, 1.82) is 0 Å². The maximum atomic E-state index is 12.8. The molecule has 0 saturated carbocycles. The van der Waals surface area contributed by atoms with E-state index >= 15 is 0 Å². The fourth-order valence-corrected chi connectivity index (χ4v) is 4.33. The van der Waals surface area contributed by atoms with Crippen molar-refractivity contribution in [3.63, 3.8) is 0 Å². The fraction of sp³-hybridized carbons (Fsp3) is 0.136. The van der Waals surface area contributed by atoms with E-state index in [0.717, 1.165) is 0 Å². The third kappa shape index (κ3) is 5.07. The molecule has 0 saturated heterocycles. The topological polar surface area (TPSA) is 119 Å². The third-order valence-corrected chi connectivity index (χ3v) is 6.24. The number of fused-ring (bicyclic) bond motifs is 1. The molecule has 4 rings (SSSR count). The number of carbonyl (C=O) groups is 1. The van der Waals surface area contributed by atoms with Gasteiger partial charge in [0.15, 0.2) is 5.75 Å². The lowest BCUT2D eigenvalue weighted by Crippen LogP contribution is -2.40. The number of aliphatic imine (C=N–C) groups is 1. The minimum absolute atomic E-state index is 0.00831. The average Bonchev–Trinajstić information content (AvgIpc) is 2.80. The molecular weight excluding hydrogens is 468 g/mol. The van der Waals surface area contributed by atoms with Crippen molar-refractivity contribution < 1.29 is 22.7 Å². The summed E-state index contributed by atoms with van der Waals surface area (Å²) >= 11 is 6.17. The number of carbonyl (C=O) groups excluding carboxylic acids is 1. The van der Waals surface area contributed by atoms with Crippen molar-refractivity contribution in [3.8, 4) is 11.5 Å². The largest absolute Gasteiger partial charge is 0.462 e. The summed E-state index contributed by atoms with van der Waals surface area (Å²) in [5.74, 6) is 0.200. The molecule has 0 radical (unpaired) electrons. The number of halogens is 1. The summed E-state index contributed by atoms with van der Waals surface area (Å²) in [7, 11) is -3.88. The maximum absolute atomic E-state index is 12.8. The van der Waals surface area contributed by atoms with Crippen LogP contribution in [0.3, 0.4) is 0 Å². The number of guanidine groups is 1. The van der Waals surface area contributed by atoms with Crippen LogP contribution in [-0.2, 0) is 21.3 Å². The number of sulfonamides is 1. The zero-order valence-corrected chi connectivity index (χ0v) is 19.0. The summed E-state index contributed by atoms with van der Waals surface area (Å²) in [5.41, 5.74) is 1.09. The highest BCUT2D eigenvalue weighted by Gasteiger charge is 2.29. The predicted molar refractivity (Wildman–Crippen MR) is 123 cm³/mol. The molecule has 2 aromatic carbocycles. The number of ether oxygens (including phenoxy) is 2. The molecule has 0 bridgehead atoms. The first-order valence-electron chi connectivity index (χ1n) is 9.89. The molecule has 3 aromatic rings. The Hall–Kier alpha value is -3.63. The van der Waals surface area contributed by atoms with Crippen LogP contribution in [0.25, 0.3) is 0 Å². The molecule has 33 heavy (non-hydrogen) atoms. The van der Waals surface area contributed by atoms with Crippen LogP contribution in [0.15, 0.2) is 70.7 Å². The Balaban J connectivity index is 1.58. The second-order valence-electron chi connectivity index (χ2n) is 6.82. The van der Waals surface area contributed by atoms with Crippen LogP contribution in [0.5, 0.6) is 11.5 Å². The van der Waals surface area contributed by atoms with Gasteiger partial charge in [-0.05, 0) is 43.3 Å². The predicted octanol–water partition coefficient (Wildman–Crippen LogP) is 3.96. The monoisotopic (exact) mass is 486 g/mol. The first kappa shape index (κ1) is 22.6. The number of pyridine rings is 1. The number of aromatic nitrogens is 1. The standard InChI is InChI=1S/C22H19ClN4O5S/c1-2-31-21(28)14-10-11-15(24-12-14)13-25-22-26-20-18(32-17-7-4-3-6-16(17)23)8-5-9-19(20)33(29,30)27-22/h3-12H,2,13H2,1H3,(H2,25,26,27). The van der Waals surface area contributed by atoms with Gasteiger partial charge in [0.25, 0.3) is 10.0 Å². The first-order valence-corrected chi connectivity index (χ1v) is 11.7. The first-order chi connectivity index (χ1) is 15.9. The lowest BCUT2D eigenvalue weighted by Gasteiger charge is -2.23. The van der Waals surface area contributed by atoms with Crippen LogP contribution in [0.2, 0.25) is 5.02 Å². The Labute approximate surface area is 195 Å². The molecule has 1 aliphatic rings. The SMILES string of the molecule is CCOC(=O)c1ccc(CN=C2Nc3c(Oc4ccccc4Cl)cccc3S(=O)(=O)N2)nc1. The summed E-state index contributed by atoms with van der Waals surface area (Å²) in [6, 6.07) is 14.7. The highest BCUT2D eigenvalue weighted by Crippen LogP contribution is 2.38. The summed E-state index contributed by atoms with van der Waals surface area (Å²) in [4.78, 5) is 20.2. The Morgan fingerprint density at radius 1 is 1.09 bits per heavy atom. The normalized spacial score (nSPS) is 15.2. The van der Waals surface area contributed by atoms with Crippen molar-refractivity contribution in [1.82, 2.24) is 9.71 Å². The number of hydrogen-bond acceptors (Lipinski definition) is 7. The third-order valence-electron chi connectivity index (χ3n) is 4.54. The molecule has 0 spiro atoms. The smallest absolute Gasteiger partial charge is 0.339 e. The number of anilines is 1. The van der Waals surface area contributed by atoms with Gasteiger partial charge >= 0.3 is 5.97 Å². The second kappa shape index (κ2) is 9.47. The second-order valence-corrected chi connectivity index (χ2v) is 8.87. The van der Waals surface area contributed by atoms with E-state index in [-0.39, 0.29) is 35.4 Å². The van der Waals surface area contributed by atoms with Gasteiger partial charge in [-0.2, -0.15) is 0 Å². The van der Waals surface area contributed by atoms with Crippen molar-refractivity contribution in [2.24, 2.45) is 4.99 Å². The molecule has 9 nitrogen and oxygen atoms in total. The van der Waals surface area contributed by atoms with Gasteiger partial charge in [-0.1, -0.05) is 29.8 Å². The van der Waals surface area contributed by atoms with Crippen molar-refractivity contribution in [2.45, 2.75) is 18.4 Å². The van der Waals surface area contributed by atoms with Gasteiger partial charge in [-0.3, -0.25) is 4.98 Å². The molecule has 0 unspecified atom stereocenters. The van der Waals surface area contributed by atoms with Crippen LogP contribution >= 0.6 is 11.6 Å². The number of para-hydroxylation sites is 2. The van der Waals surface area contributed by atoms with Gasteiger partial charge in [0.05, 0.1) is 29.4 Å². The molecule has 2 N–H and O–H groups in total. The number of hydrogen-bond donors (Lipinski definition) is 2. The number of benzene rings is 2. The molecule has 2 heterocycles. The van der Waals surface area contributed by atoms with Crippen LogP contribution in [0, 0.1) is 0 Å². The molecule has 170 valence electrons. The lowest BCUT2D eigenvalue weighted by atomic mass is 10.2. The van der Waals surface area contributed by atoms with Gasteiger partial charge in [0.2, 0.25) is 5.96 Å². The maximum Gasteiger partial charge on any atom is 0.339 e. The van der Waals surface area contributed by atoms with Crippen LogP contribution in [0.4, 0.5) is 5.69 Å². The van der Waals surface area contributed by atoms with Gasteiger partial charge in [-0.15, -0.1) is 0 Å². The van der Waals surface area contributed by atoms with E-state index < -0.39 is 16.0 Å². The van der Waals surface area contributed by atoms with Gasteiger partial charge in [0.1, 0.15) is 16.3 Å². The van der Waals surface area contributed by atoms with E-state index in [9.17, 15) is 13.2 Å². The molecule has 0 amide bonds. The number of nitrogens with one attached hydrogen (secondary N) is 2. The minimum atomic E-state index is -3.88. The number of nitrogens with zero attached hydrogens (tertiary/aromatic N) is 2. The van der Waals surface area contributed by atoms with E-state index in [4.69, 9.17) is 21.1 Å². The van der Waals surface area contributed by atoms with Crippen LogP contribution < -0.4 is 14.8 Å². The number of esters is 1. The number of rotatable bonds is 6. The van der Waals surface area contributed by atoms with E-state index in [1.165, 1.54) is 12.3 Å². The molecule has 0 fully saturated rings. The summed E-state index contributed by atoms with van der Waals surface area (Å²) in [6.07, 6.45) is 1.39. The van der Waals surface area contributed by atoms with Gasteiger partial charge < -0.3 is 14.8 Å². The minimum Gasteiger partial charge on any atom is -0.462 e. The highest BCUT2D eigenvalue weighted by molar-refractivity contribution is 7.90. The Morgan fingerprint density at radius 3 is 2.61 bits per heavy atom. The molecule has 0 aliphatic carbocycles. The Kier molecular flexibility index (Phi) is 6.47. The Morgan fingerprint density at radius 2 is 1.88 bits per heavy atom. The van der Waals surface area contributed by atoms with Crippen molar-refractivity contribution in [2.75, 3.05) is 11.9 Å². The van der Waals surface area contributed by atoms with Crippen molar-refractivity contribution in [3.05, 3.63) is 77.1 Å². The molecule has 11 heteroatoms. The van der Waals surface area contributed by atoms with Gasteiger partial charge in [-0.25, -0.2) is 22.9 Å². The highest BCUT2D eigenvalue weighted by atomic mass is 35.5. The summed E-state index contributed by atoms with van der Waals surface area (Å²) in [5, 5.41) is 3.35. The zero-order valence-electron chi connectivity index (χ0n) is 17.4. The average molecular weight is 487 g/mol. The Bertz CT molecular complexity index is 1330. The van der Waals surface area contributed by atoms with E-state index in [0.29, 0.717) is 22.0 Å². The summed E-state index contributed by atoms with van der Waals surface area (Å²) in [6.45, 7) is 2.05. The molecule has 0 atom stereocenters. The zero-order chi connectivity index (χ0) is 23.4. The van der Waals surface area contributed by atoms with Gasteiger partial charge in [0, 0.05) is 6.20 Å². The van der Waals surface area contributed by atoms with Crippen LogP contribution in [0.1, 0.15) is 23.0 Å². The van der Waals surface area contributed by atoms with Crippen molar-refractivity contribution >= 4 is 39.2 Å². The lowest BCUT2D eigenvalue weighted by molar-refractivity contribution is 0.0526. The fourth-order valence-electron chi connectivity index (χ4n) is 3.00. The van der Waals surface area contributed by atoms with E-state index in [1.54, 1.807) is 55.5 Å².